The van der Waals surface area contributed by atoms with E-state index in [4.69, 9.17) is 4.74 Å². The average molecular weight is 473 g/mol. The van der Waals surface area contributed by atoms with Crippen LogP contribution in [0.15, 0.2) is 77.8 Å². The number of aromatic nitrogens is 1. The molecule has 0 aliphatic carbocycles. The fourth-order valence-electron chi connectivity index (χ4n) is 3.57. The molecule has 0 radical (unpaired) electrons. The second-order valence-electron chi connectivity index (χ2n) is 7.39. The molecule has 0 fully saturated rings. The van der Waals surface area contributed by atoms with Crippen molar-refractivity contribution < 1.29 is 31.4 Å². The first kappa shape index (κ1) is 22.8. The highest BCUT2D eigenvalue weighted by molar-refractivity contribution is 7.90. The summed E-state index contributed by atoms with van der Waals surface area (Å²) in [5, 5.41) is 10.1. The maximum absolute atomic E-state index is 13.5. The highest BCUT2D eigenvalue weighted by atomic mass is 32.2. The molecule has 1 aromatic heterocycles. The minimum absolute atomic E-state index is 0.0959. The number of hydrogen-bond acceptors (Lipinski definition) is 5. The van der Waals surface area contributed by atoms with Crippen molar-refractivity contribution in [3.05, 3.63) is 84.1 Å². The fourth-order valence-corrected chi connectivity index (χ4v) is 4.23. The molecule has 9 heteroatoms. The van der Waals surface area contributed by atoms with Gasteiger partial charge in [0, 0.05) is 23.4 Å². The maximum atomic E-state index is 13.5. The first-order chi connectivity index (χ1) is 15.6. The Morgan fingerprint density at radius 2 is 1.64 bits per heavy atom. The van der Waals surface area contributed by atoms with Crippen LogP contribution in [0.3, 0.4) is 0 Å². The molecule has 0 unspecified atom stereocenters. The molecule has 4 aromatic rings. The van der Waals surface area contributed by atoms with Gasteiger partial charge in [0.2, 0.25) is 0 Å². The summed E-state index contributed by atoms with van der Waals surface area (Å²) in [6.45, 7) is -0.421. The molecule has 0 saturated carbocycles. The number of aliphatic hydroxyl groups excluding tert-OH is 1. The molecule has 0 amide bonds. The molecule has 4 rings (SSSR count). The van der Waals surface area contributed by atoms with Gasteiger partial charge in [-0.1, -0.05) is 30.3 Å². The lowest BCUT2D eigenvalue weighted by Crippen LogP contribution is -2.07. The number of ether oxygens (including phenoxy) is 1. The normalized spacial score (nSPS) is 12.2. The molecule has 0 aliphatic rings. The van der Waals surface area contributed by atoms with Crippen molar-refractivity contribution in [3.8, 4) is 22.6 Å². The van der Waals surface area contributed by atoms with E-state index in [1.807, 2.05) is 0 Å². The Labute approximate surface area is 188 Å². The molecule has 5 nitrogen and oxygen atoms in total. The van der Waals surface area contributed by atoms with E-state index < -0.39 is 28.2 Å². The highest BCUT2D eigenvalue weighted by Crippen LogP contribution is 2.39. The van der Waals surface area contributed by atoms with Crippen molar-refractivity contribution in [3.63, 3.8) is 0 Å². The van der Waals surface area contributed by atoms with E-state index in [1.54, 1.807) is 36.4 Å². The summed E-state index contributed by atoms with van der Waals surface area (Å²) in [4.78, 5) is 4.06. The van der Waals surface area contributed by atoms with Crippen molar-refractivity contribution in [1.29, 1.82) is 0 Å². The van der Waals surface area contributed by atoms with Crippen LogP contribution >= 0.6 is 0 Å². The van der Waals surface area contributed by atoms with Gasteiger partial charge in [-0.25, -0.2) is 8.42 Å². The summed E-state index contributed by atoms with van der Waals surface area (Å²) >= 11 is 0. The Morgan fingerprint density at radius 3 is 2.30 bits per heavy atom. The Morgan fingerprint density at radius 1 is 0.970 bits per heavy atom. The summed E-state index contributed by atoms with van der Waals surface area (Å²) in [5.41, 5.74) is 0.199. The molecule has 0 aliphatic heterocycles. The van der Waals surface area contributed by atoms with Crippen LogP contribution in [0.2, 0.25) is 0 Å². The predicted molar refractivity (Wildman–Crippen MR) is 118 cm³/mol. The van der Waals surface area contributed by atoms with Crippen molar-refractivity contribution in [2.45, 2.75) is 17.7 Å². The third-order valence-electron chi connectivity index (χ3n) is 5.04. The van der Waals surface area contributed by atoms with Crippen LogP contribution in [0.4, 0.5) is 13.2 Å². The number of benzene rings is 3. The largest absolute Gasteiger partial charge is 0.457 e. The molecule has 170 valence electrons. The number of hydrogen-bond donors (Lipinski definition) is 1. The van der Waals surface area contributed by atoms with Gasteiger partial charge in [-0.05, 0) is 47.5 Å². The van der Waals surface area contributed by atoms with Crippen LogP contribution in [-0.4, -0.2) is 24.8 Å². The summed E-state index contributed by atoms with van der Waals surface area (Å²) in [6, 6.07) is 16.4. The summed E-state index contributed by atoms with van der Waals surface area (Å²) < 4.78 is 69.9. The van der Waals surface area contributed by atoms with Crippen molar-refractivity contribution >= 4 is 20.7 Å². The summed E-state index contributed by atoms with van der Waals surface area (Å²) in [7, 11) is -3.42. The van der Waals surface area contributed by atoms with Gasteiger partial charge in [0.05, 0.1) is 22.6 Å². The van der Waals surface area contributed by atoms with Gasteiger partial charge in [-0.15, -0.1) is 0 Å². The van der Waals surface area contributed by atoms with Gasteiger partial charge in [0.15, 0.2) is 9.84 Å². The topological polar surface area (TPSA) is 76.5 Å². The SMILES string of the molecule is CS(=O)(=O)c1cccc(Oc2cccc(-c3c(CO)cnc4c(C(F)(F)F)cccc34)c2)c1. The lowest BCUT2D eigenvalue weighted by atomic mass is 9.95. The molecular weight excluding hydrogens is 455 g/mol. The number of alkyl halides is 3. The van der Waals surface area contributed by atoms with Crippen LogP contribution in [0.25, 0.3) is 22.0 Å². The maximum Gasteiger partial charge on any atom is 0.418 e. The van der Waals surface area contributed by atoms with E-state index in [-0.39, 0.29) is 21.5 Å². The molecule has 33 heavy (non-hydrogen) atoms. The zero-order valence-electron chi connectivity index (χ0n) is 17.3. The minimum atomic E-state index is -4.58. The van der Waals surface area contributed by atoms with Gasteiger partial charge >= 0.3 is 6.18 Å². The van der Waals surface area contributed by atoms with Crippen molar-refractivity contribution in [1.82, 2.24) is 4.98 Å². The van der Waals surface area contributed by atoms with E-state index in [0.717, 1.165) is 12.3 Å². The Kier molecular flexibility index (Phi) is 5.85. The highest BCUT2D eigenvalue weighted by Gasteiger charge is 2.33. The van der Waals surface area contributed by atoms with E-state index in [1.165, 1.54) is 30.5 Å². The van der Waals surface area contributed by atoms with Crippen LogP contribution in [-0.2, 0) is 22.6 Å². The van der Waals surface area contributed by atoms with Gasteiger partial charge in [-0.3, -0.25) is 4.98 Å². The first-order valence-corrected chi connectivity index (χ1v) is 11.6. The molecular formula is C24H18F3NO4S. The first-order valence-electron chi connectivity index (χ1n) is 9.75. The van der Waals surface area contributed by atoms with Gasteiger partial charge < -0.3 is 9.84 Å². The minimum Gasteiger partial charge on any atom is -0.457 e. The number of para-hydroxylation sites is 1. The average Bonchev–Trinajstić information content (AvgIpc) is 2.77. The smallest absolute Gasteiger partial charge is 0.418 e. The van der Waals surface area contributed by atoms with Crippen LogP contribution in [0, 0.1) is 0 Å². The van der Waals surface area contributed by atoms with E-state index in [2.05, 4.69) is 4.98 Å². The van der Waals surface area contributed by atoms with E-state index >= 15 is 0 Å². The predicted octanol–water partition coefficient (Wildman–Crippen LogP) is 5.61. The van der Waals surface area contributed by atoms with Crippen LogP contribution in [0.1, 0.15) is 11.1 Å². The number of aliphatic hydroxyl groups is 1. The quantitative estimate of drug-likeness (QED) is 0.408. The second-order valence-corrected chi connectivity index (χ2v) is 9.41. The van der Waals surface area contributed by atoms with E-state index in [0.29, 0.717) is 22.4 Å². The van der Waals surface area contributed by atoms with Crippen molar-refractivity contribution in [2.75, 3.05) is 6.26 Å². The molecule has 0 spiro atoms. The van der Waals surface area contributed by atoms with Crippen LogP contribution in [0.5, 0.6) is 11.5 Å². The lowest BCUT2D eigenvalue weighted by molar-refractivity contribution is -0.136. The standard InChI is InChI=1S/C24H18F3NO4S/c1-33(30,31)19-8-3-7-18(12-19)32-17-6-2-5-15(11-17)22-16(14-29)13-28-23-20(22)9-4-10-21(23)24(25,26)27/h2-13,29H,14H2,1H3. The molecule has 0 atom stereocenters. The molecule has 3 aromatic carbocycles. The third-order valence-corrected chi connectivity index (χ3v) is 6.15. The molecule has 0 bridgehead atoms. The molecule has 1 N–H and O–H groups in total. The molecule has 0 saturated heterocycles. The Bertz CT molecular complexity index is 1450. The van der Waals surface area contributed by atoms with Crippen LogP contribution < -0.4 is 4.74 Å². The summed E-state index contributed by atoms with van der Waals surface area (Å²) in [5.74, 6) is 0.635. The Hall–Kier alpha value is -3.43. The molecule has 1 heterocycles. The lowest BCUT2D eigenvalue weighted by Gasteiger charge is -2.16. The zero-order valence-corrected chi connectivity index (χ0v) is 18.1. The van der Waals surface area contributed by atoms with Gasteiger partial charge in [0.1, 0.15) is 11.5 Å². The number of sulfone groups is 1. The third kappa shape index (κ3) is 4.69. The van der Waals surface area contributed by atoms with Gasteiger partial charge in [-0.2, -0.15) is 13.2 Å². The number of rotatable bonds is 5. The monoisotopic (exact) mass is 473 g/mol. The number of nitrogens with zero attached hydrogens (tertiary/aromatic N) is 1. The Balaban J connectivity index is 1.83. The van der Waals surface area contributed by atoms with Gasteiger partial charge in [0.25, 0.3) is 0 Å². The second kappa shape index (κ2) is 8.49. The number of halogens is 3. The number of pyridine rings is 1. The summed E-state index contributed by atoms with van der Waals surface area (Å²) in [6.07, 6.45) is -2.26. The van der Waals surface area contributed by atoms with E-state index in [9.17, 15) is 26.7 Å². The fraction of sp³-hybridized carbons (Fsp3) is 0.125. The zero-order chi connectivity index (χ0) is 23.8. The van der Waals surface area contributed by atoms with Crippen molar-refractivity contribution in [2.24, 2.45) is 0 Å². The number of fused-ring (bicyclic) bond motifs is 1.